The van der Waals surface area contributed by atoms with Crippen molar-refractivity contribution in [2.45, 2.75) is 0 Å². The standard InChI is InChI=1S/C34H24N2/c1-3-14-26(15-4-1)35(27-16-5-2-6-17-27)34-28-18-8-7-13-25(28)23-24-33(34)36-31-21-11-9-19-29(31)30-20-10-12-22-32(30)36/h1-24H/i1D,2D,3D,4D,5D,6D,14D,15D,16D,17D. The van der Waals surface area contributed by atoms with Gasteiger partial charge in [0.05, 0.1) is 36.1 Å². The van der Waals surface area contributed by atoms with Crippen LogP contribution in [0.15, 0.2) is 145 Å². The van der Waals surface area contributed by atoms with Gasteiger partial charge in [0.25, 0.3) is 0 Å². The zero-order valence-electron chi connectivity index (χ0n) is 29.0. The topological polar surface area (TPSA) is 8.17 Å². The van der Waals surface area contributed by atoms with E-state index in [1.54, 1.807) is 12.1 Å². The van der Waals surface area contributed by atoms with Crippen LogP contribution in [0.3, 0.4) is 0 Å². The van der Waals surface area contributed by atoms with Crippen molar-refractivity contribution in [3.05, 3.63) is 145 Å². The summed E-state index contributed by atoms with van der Waals surface area (Å²) in [5.74, 6) is 0. The van der Waals surface area contributed by atoms with E-state index in [0.29, 0.717) is 11.1 Å². The van der Waals surface area contributed by atoms with Gasteiger partial charge in [0.2, 0.25) is 0 Å². The predicted octanol–water partition coefficient (Wildman–Crippen LogP) is 9.41. The third-order valence-electron chi connectivity index (χ3n) is 6.34. The Hall–Kier alpha value is -4.82. The minimum absolute atomic E-state index is 0.279. The van der Waals surface area contributed by atoms with Crippen molar-refractivity contribution in [1.82, 2.24) is 4.57 Å². The Bertz CT molecular complexity index is 2220. The molecule has 2 heteroatoms. The summed E-state index contributed by atoms with van der Waals surface area (Å²) in [7, 11) is 0. The minimum Gasteiger partial charge on any atom is -0.308 e. The van der Waals surface area contributed by atoms with Crippen molar-refractivity contribution in [2.24, 2.45) is 0 Å². The fraction of sp³-hybridized carbons (Fsp3) is 0. The van der Waals surface area contributed by atoms with Gasteiger partial charge in [0.15, 0.2) is 0 Å². The van der Waals surface area contributed by atoms with Crippen molar-refractivity contribution in [2.75, 3.05) is 4.90 Å². The second-order valence-electron chi connectivity index (χ2n) is 8.31. The second kappa shape index (κ2) is 8.44. The van der Waals surface area contributed by atoms with E-state index in [4.69, 9.17) is 13.7 Å². The fourth-order valence-electron chi connectivity index (χ4n) is 4.89. The van der Waals surface area contributed by atoms with Gasteiger partial charge in [-0.25, -0.2) is 0 Å². The first-order chi connectivity index (χ1) is 22.0. The average Bonchev–Trinajstić information content (AvgIpc) is 3.41. The molecule has 7 rings (SSSR count). The maximum atomic E-state index is 9.00. The van der Waals surface area contributed by atoms with Crippen LogP contribution < -0.4 is 4.90 Å². The molecule has 6 aromatic carbocycles. The van der Waals surface area contributed by atoms with Gasteiger partial charge in [-0.15, -0.1) is 0 Å². The Morgan fingerprint density at radius 1 is 0.500 bits per heavy atom. The van der Waals surface area contributed by atoms with E-state index in [1.807, 2.05) is 77.4 Å². The lowest BCUT2D eigenvalue weighted by Crippen LogP contribution is -2.13. The normalized spacial score (nSPS) is 15.2. The third-order valence-corrected chi connectivity index (χ3v) is 6.34. The lowest BCUT2D eigenvalue weighted by Gasteiger charge is -2.29. The molecule has 7 aromatic rings. The molecular weight excluding hydrogens is 436 g/mol. The first kappa shape index (κ1) is 12.8. The van der Waals surface area contributed by atoms with Gasteiger partial charge in [0.1, 0.15) is 0 Å². The average molecular weight is 471 g/mol. The maximum Gasteiger partial charge on any atom is 0.0781 e. The molecule has 0 aliphatic heterocycles. The Morgan fingerprint density at radius 2 is 1.00 bits per heavy atom. The summed E-state index contributed by atoms with van der Waals surface area (Å²) in [6, 6.07) is 20.6. The number of hydrogen-bond acceptors (Lipinski definition) is 1. The minimum atomic E-state index is -0.619. The Kier molecular flexibility index (Phi) is 2.99. The third kappa shape index (κ3) is 3.19. The van der Waals surface area contributed by atoms with Crippen molar-refractivity contribution in [3.63, 3.8) is 0 Å². The molecule has 1 aromatic heterocycles. The van der Waals surface area contributed by atoms with Gasteiger partial charge in [-0.05, 0) is 47.8 Å². The van der Waals surface area contributed by atoms with Gasteiger partial charge in [-0.1, -0.05) is 103 Å². The fourth-order valence-corrected chi connectivity index (χ4v) is 4.89. The second-order valence-corrected chi connectivity index (χ2v) is 8.31. The van der Waals surface area contributed by atoms with Crippen molar-refractivity contribution < 1.29 is 13.7 Å². The van der Waals surface area contributed by atoms with Gasteiger partial charge < -0.3 is 9.47 Å². The highest BCUT2D eigenvalue weighted by Gasteiger charge is 2.22. The van der Waals surface area contributed by atoms with Crippen molar-refractivity contribution >= 4 is 49.6 Å². The molecule has 0 saturated carbocycles. The summed E-state index contributed by atoms with van der Waals surface area (Å²) < 4.78 is 88.5. The number of anilines is 3. The molecule has 0 bridgehead atoms. The number of hydrogen-bond donors (Lipinski definition) is 0. The Morgan fingerprint density at radius 3 is 1.58 bits per heavy atom. The monoisotopic (exact) mass is 470 g/mol. The van der Waals surface area contributed by atoms with Crippen molar-refractivity contribution in [3.8, 4) is 5.69 Å². The van der Waals surface area contributed by atoms with Gasteiger partial charge in [-0.3, -0.25) is 0 Å². The molecule has 36 heavy (non-hydrogen) atoms. The van der Waals surface area contributed by atoms with E-state index in [1.165, 1.54) is 4.90 Å². The smallest absolute Gasteiger partial charge is 0.0781 e. The zero-order valence-corrected chi connectivity index (χ0v) is 19.0. The van der Waals surface area contributed by atoms with Gasteiger partial charge in [-0.2, -0.15) is 0 Å². The molecule has 0 aliphatic rings. The van der Waals surface area contributed by atoms with Gasteiger partial charge >= 0.3 is 0 Å². The van der Waals surface area contributed by atoms with Crippen LogP contribution in [0.25, 0.3) is 38.3 Å². The van der Waals surface area contributed by atoms with E-state index in [-0.39, 0.29) is 17.1 Å². The molecule has 0 aliphatic carbocycles. The van der Waals surface area contributed by atoms with E-state index in [9.17, 15) is 0 Å². The molecule has 0 fully saturated rings. The van der Waals surface area contributed by atoms with Crippen LogP contribution in [0.5, 0.6) is 0 Å². The molecule has 0 amide bonds. The van der Waals surface area contributed by atoms with Crippen LogP contribution in [0.2, 0.25) is 0 Å². The predicted molar refractivity (Wildman–Crippen MR) is 153 cm³/mol. The van der Waals surface area contributed by atoms with E-state index >= 15 is 0 Å². The van der Waals surface area contributed by atoms with Crippen molar-refractivity contribution in [1.29, 1.82) is 0 Å². The molecule has 0 saturated heterocycles. The van der Waals surface area contributed by atoms with Crippen LogP contribution in [0.1, 0.15) is 13.7 Å². The SMILES string of the molecule is [2H]c1c([2H])c([2H])c(N(c2c([2H])c([2H])c([2H])c([2H])c2[2H])c2c(-n3c4ccccc4c4ccccc43)ccc3ccccc23)c([2H])c1[2H]. The van der Waals surface area contributed by atoms with Crippen LogP contribution >= 0.6 is 0 Å². The van der Waals surface area contributed by atoms with E-state index in [2.05, 4.69) is 0 Å². The molecule has 0 N–H and O–H groups in total. The lowest BCUT2D eigenvalue weighted by molar-refractivity contribution is 1.16. The molecule has 170 valence electrons. The van der Waals surface area contributed by atoms with Crippen LogP contribution in [-0.4, -0.2) is 4.57 Å². The van der Waals surface area contributed by atoms with Crippen LogP contribution in [0.4, 0.5) is 17.1 Å². The quantitative estimate of drug-likeness (QED) is 0.249. The molecule has 0 atom stereocenters. The number of para-hydroxylation sites is 4. The number of nitrogens with zero attached hydrogens (tertiary/aromatic N) is 2. The Balaban J connectivity index is 1.76. The molecule has 0 unspecified atom stereocenters. The van der Waals surface area contributed by atoms with E-state index < -0.39 is 60.4 Å². The highest BCUT2D eigenvalue weighted by atomic mass is 15.2. The largest absolute Gasteiger partial charge is 0.308 e. The first-order valence-electron chi connectivity index (χ1n) is 16.5. The highest BCUT2D eigenvalue weighted by molar-refractivity contribution is 6.11. The summed E-state index contributed by atoms with van der Waals surface area (Å²) in [5, 5.41) is 3.20. The van der Waals surface area contributed by atoms with Crippen LogP contribution in [-0.2, 0) is 0 Å². The summed E-state index contributed by atoms with van der Waals surface area (Å²) in [4.78, 5) is 1.25. The number of benzene rings is 6. The molecule has 1 heterocycles. The first-order valence-corrected chi connectivity index (χ1v) is 11.5. The summed E-state index contributed by atoms with van der Waals surface area (Å²) in [6.45, 7) is 0. The van der Waals surface area contributed by atoms with E-state index in [0.717, 1.165) is 27.2 Å². The summed E-state index contributed by atoms with van der Waals surface area (Å²) in [6.07, 6.45) is 0. The number of aromatic nitrogens is 1. The zero-order chi connectivity index (χ0) is 32.6. The summed E-state index contributed by atoms with van der Waals surface area (Å²) >= 11 is 0. The van der Waals surface area contributed by atoms with Gasteiger partial charge in [0, 0.05) is 27.5 Å². The molecule has 0 radical (unpaired) electrons. The molecule has 2 nitrogen and oxygen atoms in total. The molecular formula is C34H24N2. The molecule has 0 spiro atoms. The summed E-state index contributed by atoms with van der Waals surface area (Å²) in [5.41, 5.74) is 1.74. The Labute approximate surface area is 224 Å². The van der Waals surface area contributed by atoms with Crippen LogP contribution in [0, 0.1) is 0 Å². The highest BCUT2D eigenvalue weighted by Crippen LogP contribution is 2.44. The number of rotatable bonds is 4. The maximum absolute atomic E-state index is 9.00. The number of fused-ring (bicyclic) bond motifs is 4. The lowest BCUT2D eigenvalue weighted by atomic mass is 10.0.